The molecule has 0 saturated carbocycles. The molecule has 0 bridgehead atoms. The summed E-state index contributed by atoms with van der Waals surface area (Å²) in [6.07, 6.45) is 0.902. The summed E-state index contributed by atoms with van der Waals surface area (Å²) < 4.78 is 4.94. The van der Waals surface area contributed by atoms with Crippen LogP contribution in [0.25, 0.3) is 0 Å². The van der Waals surface area contributed by atoms with Crippen molar-refractivity contribution in [3.63, 3.8) is 0 Å². The highest BCUT2D eigenvalue weighted by Gasteiger charge is 2.10. The predicted molar refractivity (Wildman–Crippen MR) is 44.8 cm³/mol. The van der Waals surface area contributed by atoms with E-state index >= 15 is 0 Å². The molecule has 1 atom stereocenters. The predicted octanol–water partition coefficient (Wildman–Crippen LogP) is 0.0823. The van der Waals surface area contributed by atoms with Crippen molar-refractivity contribution in [3.8, 4) is 5.88 Å². The summed E-state index contributed by atoms with van der Waals surface area (Å²) in [6, 6.07) is 3.47. The molecule has 1 heterocycles. The molecule has 0 unspecified atom stereocenters. The van der Waals surface area contributed by atoms with Gasteiger partial charge in [-0.3, -0.25) is 0 Å². The van der Waals surface area contributed by atoms with E-state index in [2.05, 4.69) is 4.98 Å². The number of hydrogen-bond acceptors (Lipinski definition) is 4. The van der Waals surface area contributed by atoms with Gasteiger partial charge < -0.3 is 15.6 Å². The van der Waals surface area contributed by atoms with E-state index in [0.717, 1.165) is 0 Å². The lowest BCUT2D eigenvalue weighted by Gasteiger charge is -2.10. The van der Waals surface area contributed by atoms with Crippen LogP contribution in [0, 0.1) is 0 Å². The van der Waals surface area contributed by atoms with Gasteiger partial charge >= 0.3 is 0 Å². The Hall–Kier alpha value is -1.13. The summed E-state index contributed by atoms with van der Waals surface area (Å²) in [5.74, 6) is 0.426. The number of nitrogens with two attached hydrogens (primary N) is 1. The Morgan fingerprint density at radius 3 is 3.08 bits per heavy atom. The van der Waals surface area contributed by atoms with Gasteiger partial charge in [0.1, 0.15) is 0 Å². The Kier molecular flexibility index (Phi) is 3.01. The Bertz CT molecular complexity index is 253. The zero-order valence-corrected chi connectivity index (χ0v) is 6.90. The van der Waals surface area contributed by atoms with Crippen LogP contribution in [0.4, 0.5) is 0 Å². The standard InChI is InChI=1S/C8H12N2O2/c1-12-8-6(7(11)5-9)3-2-4-10-8/h2-4,7,11H,5,9H2,1H3/t7-/m0/s1. The number of aliphatic hydroxyl groups is 1. The highest BCUT2D eigenvalue weighted by Crippen LogP contribution is 2.20. The third-order valence-electron chi connectivity index (χ3n) is 1.58. The normalized spacial score (nSPS) is 12.6. The molecule has 1 aromatic rings. The van der Waals surface area contributed by atoms with Crippen molar-refractivity contribution in [1.82, 2.24) is 4.98 Å². The van der Waals surface area contributed by atoms with Crippen molar-refractivity contribution in [2.24, 2.45) is 5.73 Å². The lowest BCUT2D eigenvalue weighted by Crippen LogP contribution is -2.12. The van der Waals surface area contributed by atoms with Crippen molar-refractivity contribution >= 4 is 0 Å². The summed E-state index contributed by atoms with van der Waals surface area (Å²) in [5.41, 5.74) is 5.92. The number of pyridine rings is 1. The first kappa shape index (κ1) is 8.96. The molecule has 1 rings (SSSR count). The minimum atomic E-state index is -0.700. The molecule has 4 nitrogen and oxygen atoms in total. The van der Waals surface area contributed by atoms with Crippen LogP contribution in [-0.4, -0.2) is 23.7 Å². The van der Waals surface area contributed by atoms with E-state index in [1.54, 1.807) is 18.3 Å². The highest BCUT2D eigenvalue weighted by molar-refractivity contribution is 5.27. The minimum Gasteiger partial charge on any atom is -0.481 e. The topological polar surface area (TPSA) is 68.4 Å². The van der Waals surface area contributed by atoms with Crippen LogP contribution in [0.1, 0.15) is 11.7 Å². The molecule has 66 valence electrons. The van der Waals surface area contributed by atoms with Crippen LogP contribution in [0.2, 0.25) is 0 Å². The van der Waals surface area contributed by atoms with Crippen LogP contribution < -0.4 is 10.5 Å². The summed E-state index contributed by atoms with van der Waals surface area (Å²) in [6.45, 7) is 0.169. The van der Waals surface area contributed by atoms with Crippen LogP contribution in [0.5, 0.6) is 5.88 Å². The molecule has 0 saturated heterocycles. The van der Waals surface area contributed by atoms with Gasteiger partial charge in [0, 0.05) is 18.3 Å². The molecule has 0 aliphatic carbocycles. The first-order valence-corrected chi connectivity index (χ1v) is 3.66. The maximum atomic E-state index is 9.40. The van der Waals surface area contributed by atoms with E-state index in [0.29, 0.717) is 11.4 Å². The van der Waals surface area contributed by atoms with Gasteiger partial charge in [-0.1, -0.05) is 0 Å². The average Bonchev–Trinajstić information content (AvgIpc) is 2.16. The SMILES string of the molecule is COc1ncccc1[C@@H](O)CN. The first-order valence-electron chi connectivity index (χ1n) is 3.66. The van der Waals surface area contributed by atoms with E-state index < -0.39 is 6.10 Å². The maximum Gasteiger partial charge on any atom is 0.218 e. The monoisotopic (exact) mass is 168 g/mol. The number of nitrogens with zero attached hydrogens (tertiary/aromatic N) is 1. The molecule has 1 aromatic heterocycles. The second-order valence-corrected chi connectivity index (χ2v) is 2.35. The molecule has 12 heavy (non-hydrogen) atoms. The van der Waals surface area contributed by atoms with Crippen molar-refractivity contribution < 1.29 is 9.84 Å². The molecular formula is C8H12N2O2. The fourth-order valence-corrected chi connectivity index (χ4v) is 0.954. The summed E-state index contributed by atoms with van der Waals surface area (Å²) in [7, 11) is 1.51. The highest BCUT2D eigenvalue weighted by atomic mass is 16.5. The molecule has 0 aliphatic rings. The van der Waals surface area contributed by atoms with E-state index in [-0.39, 0.29) is 6.54 Å². The fraction of sp³-hybridized carbons (Fsp3) is 0.375. The molecular weight excluding hydrogens is 156 g/mol. The number of methoxy groups -OCH3 is 1. The summed E-state index contributed by atoms with van der Waals surface area (Å²) >= 11 is 0. The molecule has 0 fully saturated rings. The van der Waals surface area contributed by atoms with Crippen molar-refractivity contribution in [3.05, 3.63) is 23.9 Å². The van der Waals surface area contributed by atoms with Gasteiger partial charge in [0.25, 0.3) is 0 Å². The molecule has 0 aliphatic heterocycles. The number of rotatable bonds is 3. The largest absolute Gasteiger partial charge is 0.481 e. The molecule has 0 radical (unpaired) electrons. The quantitative estimate of drug-likeness (QED) is 0.670. The third kappa shape index (κ3) is 1.72. The van der Waals surface area contributed by atoms with Crippen molar-refractivity contribution in [1.29, 1.82) is 0 Å². The zero-order chi connectivity index (χ0) is 8.97. The van der Waals surface area contributed by atoms with Gasteiger partial charge in [0.15, 0.2) is 0 Å². The van der Waals surface area contributed by atoms with Crippen LogP contribution in [-0.2, 0) is 0 Å². The Morgan fingerprint density at radius 2 is 2.50 bits per heavy atom. The Labute approximate surface area is 71.0 Å². The number of aliphatic hydroxyl groups excluding tert-OH is 1. The maximum absolute atomic E-state index is 9.40. The lowest BCUT2D eigenvalue weighted by atomic mass is 10.1. The number of hydrogen-bond donors (Lipinski definition) is 2. The number of ether oxygens (including phenoxy) is 1. The summed E-state index contributed by atoms with van der Waals surface area (Å²) in [5, 5.41) is 9.40. The summed E-state index contributed by atoms with van der Waals surface area (Å²) in [4.78, 5) is 3.93. The van der Waals surface area contributed by atoms with Crippen molar-refractivity contribution in [2.45, 2.75) is 6.10 Å². The zero-order valence-electron chi connectivity index (χ0n) is 6.90. The van der Waals surface area contributed by atoms with E-state index in [9.17, 15) is 5.11 Å². The van der Waals surface area contributed by atoms with Gasteiger partial charge in [-0.15, -0.1) is 0 Å². The van der Waals surface area contributed by atoms with E-state index in [1.807, 2.05) is 0 Å². The smallest absolute Gasteiger partial charge is 0.218 e. The number of aromatic nitrogens is 1. The second kappa shape index (κ2) is 4.04. The second-order valence-electron chi connectivity index (χ2n) is 2.35. The molecule has 4 heteroatoms. The average molecular weight is 168 g/mol. The fourth-order valence-electron chi connectivity index (χ4n) is 0.954. The third-order valence-corrected chi connectivity index (χ3v) is 1.58. The molecule has 0 amide bonds. The van der Waals surface area contributed by atoms with E-state index in [4.69, 9.17) is 10.5 Å². The minimum absolute atomic E-state index is 0.169. The van der Waals surface area contributed by atoms with Gasteiger partial charge in [-0.05, 0) is 12.1 Å². The Balaban J connectivity index is 2.96. The van der Waals surface area contributed by atoms with Crippen molar-refractivity contribution in [2.75, 3.05) is 13.7 Å². The van der Waals surface area contributed by atoms with Gasteiger partial charge in [-0.25, -0.2) is 4.98 Å². The molecule has 0 aromatic carbocycles. The van der Waals surface area contributed by atoms with E-state index in [1.165, 1.54) is 7.11 Å². The lowest BCUT2D eigenvalue weighted by molar-refractivity contribution is 0.181. The van der Waals surface area contributed by atoms with Crippen LogP contribution >= 0.6 is 0 Å². The van der Waals surface area contributed by atoms with Gasteiger partial charge in [-0.2, -0.15) is 0 Å². The van der Waals surface area contributed by atoms with Gasteiger partial charge in [0.05, 0.1) is 13.2 Å². The van der Waals surface area contributed by atoms with Gasteiger partial charge in [0.2, 0.25) is 5.88 Å². The van der Waals surface area contributed by atoms with Crippen LogP contribution in [0.3, 0.4) is 0 Å². The molecule has 3 N–H and O–H groups in total. The molecule has 0 spiro atoms. The van der Waals surface area contributed by atoms with Crippen LogP contribution in [0.15, 0.2) is 18.3 Å². The Morgan fingerprint density at radius 1 is 1.75 bits per heavy atom. The first-order chi connectivity index (χ1) is 5.79.